The molecular weight excluding hydrogens is 314 g/mol. The number of thiophene rings is 1. The van der Waals surface area contributed by atoms with Gasteiger partial charge in [0.1, 0.15) is 0 Å². The molecule has 2 rings (SSSR count). The molecule has 0 spiro atoms. The molecule has 0 radical (unpaired) electrons. The quantitative estimate of drug-likeness (QED) is 0.881. The highest BCUT2D eigenvalue weighted by Crippen LogP contribution is 2.52. The van der Waals surface area contributed by atoms with Crippen LogP contribution in [-0.4, -0.2) is 6.04 Å². The molecule has 2 N–H and O–H groups in total. The lowest BCUT2D eigenvalue weighted by Gasteiger charge is -2.00. The Bertz CT molecular complexity index is 302. The minimum atomic E-state index is 0.338. The van der Waals surface area contributed by atoms with Crippen molar-refractivity contribution in [3.8, 4) is 0 Å². The Kier molecular flexibility index (Phi) is 2.85. The van der Waals surface area contributed by atoms with Gasteiger partial charge in [0, 0.05) is 15.4 Å². The van der Waals surface area contributed by atoms with Crippen LogP contribution in [0.15, 0.2) is 14.3 Å². The number of hydrogen-bond acceptors (Lipinski definition) is 2. The standard InChI is InChI=1S/C9H11Br2NS/c1-4(12)5-2-6(5)8-3-7(10)9(11)13-8/h3-6H,2,12H2,1H3. The summed E-state index contributed by atoms with van der Waals surface area (Å²) in [6.45, 7) is 2.10. The van der Waals surface area contributed by atoms with Crippen molar-refractivity contribution < 1.29 is 0 Å². The molecule has 1 fully saturated rings. The van der Waals surface area contributed by atoms with E-state index >= 15 is 0 Å². The van der Waals surface area contributed by atoms with Crippen LogP contribution in [0.2, 0.25) is 0 Å². The minimum Gasteiger partial charge on any atom is -0.328 e. The zero-order chi connectivity index (χ0) is 9.59. The van der Waals surface area contributed by atoms with Crippen LogP contribution < -0.4 is 5.73 Å². The molecule has 0 bridgehead atoms. The summed E-state index contributed by atoms with van der Waals surface area (Å²) in [6.07, 6.45) is 1.26. The highest BCUT2D eigenvalue weighted by Gasteiger charge is 2.41. The van der Waals surface area contributed by atoms with E-state index in [1.54, 1.807) is 0 Å². The van der Waals surface area contributed by atoms with Crippen molar-refractivity contribution in [3.05, 3.63) is 19.2 Å². The van der Waals surface area contributed by atoms with Crippen LogP contribution in [0.4, 0.5) is 0 Å². The highest BCUT2D eigenvalue weighted by atomic mass is 79.9. The van der Waals surface area contributed by atoms with Crippen molar-refractivity contribution in [2.45, 2.75) is 25.3 Å². The van der Waals surface area contributed by atoms with Gasteiger partial charge >= 0.3 is 0 Å². The van der Waals surface area contributed by atoms with Gasteiger partial charge in [-0.05, 0) is 63.1 Å². The van der Waals surface area contributed by atoms with Crippen LogP contribution in [0.3, 0.4) is 0 Å². The maximum Gasteiger partial charge on any atom is 0.0843 e. The molecule has 1 aromatic rings. The normalized spacial score (nSPS) is 28.9. The largest absolute Gasteiger partial charge is 0.328 e. The van der Waals surface area contributed by atoms with E-state index < -0.39 is 0 Å². The molecule has 0 aromatic carbocycles. The van der Waals surface area contributed by atoms with Crippen molar-refractivity contribution in [1.29, 1.82) is 0 Å². The van der Waals surface area contributed by atoms with Gasteiger partial charge in [-0.15, -0.1) is 11.3 Å². The molecule has 1 aliphatic carbocycles. The van der Waals surface area contributed by atoms with E-state index in [0.717, 1.165) is 0 Å². The summed E-state index contributed by atoms with van der Waals surface area (Å²) in [6, 6.07) is 2.55. The van der Waals surface area contributed by atoms with E-state index in [4.69, 9.17) is 5.73 Å². The van der Waals surface area contributed by atoms with Crippen molar-refractivity contribution in [1.82, 2.24) is 0 Å². The first-order valence-electron chi connectivity index (χ1n) is 4.30. The third kappa shape index (κ3) is 2.01. The predicted octanol–water partition coefficient (Wildman–Crippen LogP) is 3.72. The zero-order valence-corrected chi connectivity index (χ0v) is 11.2. The van der Waals surface area contributed by atoms with Crippen LogP contribution in [-0.2, 0) is 0 Å². The van der Waals surface area contributed by atoms with Crippen LogP contribution in [0, 0.1) is 5.92 Å². The number of halogens is 2. The van der Waals surface area contributed by atoms with Crippen molar-refractivity contribution in [2.75, 3.05) is 0 Å². The fourth-order valence-corrected chi connectivity index (χ4v) is 3.95. The Balaban J connectivity index is 2.12. The fraction of sp³-hybridized carbons (Fsp3) is 0.556. The summed E-state index contributed by atoms with van der Waals surface area (Å²) in [5.41, 5.74) is 5.85. The third-order valence-electron chi connectivity index (χ3n) is 2.54. The smallest absolute Gasteiger partial charge is 0.0843 e. The Morgan fingerprint density at radius 1 is 1.62 bits per heavy atom. The average molecular weight is 325 g/mol. The van der Waals surface area contributed by atoms with E-state index in [0.29, 0.717) is 17.9 Å². The summed E-state index contributed by atoms with van der Waals surface area (Å²) in [5, 5.41) is 0. The van der Waals surface area contributed by atoms with Crippen LogP contribution in [0.5, 0.6) is 0 Å². The molecule has 1 heterocycles. The second kappa shape index (κ2) is 3.65. The summed E-state index contributed by atoms with van der Waals surface area (Å²) in [4.78, 5) is 1.46. The molecule has 1 aromatic heterocycles. The Labute approximate surface area is 99.0 Å². The first kappa shape index (κ1) is 10.1. The molecular formula is C9H11Br2NS. The predicted molar refractivity (Wildman–Crippen MR) is 64.2 cm³/mol. The van der Waals surface area contributed by atoms with Crippen LogP contribution >= 0.6 is 43.2 Å². The first-order valence-corrected chi connectivity index (χ1v) is 6.70. The summed E-state index contributed by atoms with van der Waals surface area (Å²) < 4.78 is 2.36. The van der Waals surface area contributed by atoms with Gasteiger partial charge in [0.15, 0.2) is 0 Å². The lowest BCUT2D eigenvalue weighted by atomic mass is 10.2. The molecule has 1 aliphatic rings. The van der Waals surface area contributed by atoms with E-state index in [-0.39, 0.29) is 0 Å². The maximum absolute atomic E-state index is 5.85. The fourth-order valence-electron chi connectivity index (χ4n) is 1.67. The lowest BCUT2D eigenvalue weighted by Crippen LogP contribution is -2.17. The number of nitrogens with two attached hydrogens (primary N) is 1. The molecule has 1 saturated carbocycles. The van der Waals surface area contributed by atoms with Crippen molar-refractivity contribution in [2.24, 2.45) is 11.7 Å². The zero-order valence-electron chi connectivity index (χ0n) is 7.26. The lowest BCUT2D eigenvalue weighted by molar-refractivity contribution is 0.633. The molecule has 3 unspecified atom stereocenters. The Hall–Kier alpha value is 0.620. The Morgan fingerprint density at radius 3 is 2.69 bits per heavy atom. The van der Waals surface area contributed by atoms with E-state index in [9.17, 15) is 0 Å². The van der Waals surface area contributed by atoms with Crippen molar-refractivity contribution in [3.63, 3.8) is 0 Å². The van der Waals surface area contributed by atoms with E-state index in [1.807, 2.05) is 11.3 Å². The summed E-state index contributed by atoms with van der Waals surface area (Å²) in [7, 11) is 0. The van der Waals surface area contributed by atoms with Gasteiger partial charge in [-0.3, -0.25) is 0 Å². The van der Waals surface area contributed by atoms with Crippen molar-refractivity contribution >= 4 is 43.2 Å². The Morgan fingerprint density at radius 2 is 2.31 bits per heavy atom. The average Bonchev–Trinajstić information content (AvgIpc) is 2.76. The molecule has 72 valence electrons. The van der Waals surface area contributed by atoms with Gasteiger partial charge in [-0.2, -0.15) is 0 Å². The molecule has 0 saturated heterocycles. The van der Waals surface area contributed by atoms with Gasteiger partial charge in [-0.1, -0.05) is 0 Å². The maximum atomic E-state index is 5.85. The van der Waals surface area contributed by atoms with Gasteiger partial charge < -0.3 is 5.73 Å². The van der Waals surface area contributed by atoms with E-state index in [1.165, 1.54) is 19.6 Å². The molecule has 3 atom stereocenters. The van der Waals surface area contributed by atoms with Gasteiger partial charge in [0.2, 0.25) is 0 Å². The minimum absolute atomic E-state index is 0.338. The van der Waals surface area contributed by atoms with Gasteiger partial charge in [-0.25, -0.2) is 0 Å². The van der Waals surface area contributed by atoms with Crippen LogP contribution in [0.1, 0.15) is 24.1 Å². The summed E-state index contributed by atoms with van der Waals surface area (Å²) in [5.74, 6) is 1.42. The molecule has 4 heteroatoms. The SMILES string of the molecule is CC(N)C1CC1c1cc(Br)c(Br)s1. The first-order chi connectivity index (χ1) is 6.09. The topological polar surface area (TPSA) is 26.0 Å². The number of rotatable bonds is 2. The van der Waals surface area contributed by atoms with Gasteiger partial charge in [0.25, 0.3) is 0 Å². The monoisotopic (exact) mass is 323 g/mol. The second-order valence-corrected chi connectivity index (χ2v) is 6.89. The molecule has 13 heavy (non-hydrogen) atoms. The third-order valence-corrected chi connectivity index (χ3v) is 5.93. The summed E-state index contributed by atoms with van der Waals surface area (Å²) >= 11 is 8.83. The molecule has 0 amide bonds. The van der Waals surface area contributed by atoms with Crippen LogP contribution in [0.25, 0.3) is 0 Å². The molecule has 1 nitrogen and oxygen atoms in total. The second-order valence-electron chi connectivity index (χ2n) is 3.64. The van der Waals surface area contributed by atoms with Gasteiger partial charge in [0.05, 0.1) is 3.79 Å². The van der Waals surface area contributed by atoms with E-state index in [2.05, 4.69) is 44.8 Å². The number of hydrogen-bond donors (Lipinski definition) is 1. The highest BCUT2D eigenvalue weighted by molar-refractivity contribution is 9.13. The molecule has 0 aliphatic heterocycles.